The van der Waals surface area contributed by atoms with E-state index in [0.29, 0.717) is 24.3 Å². The van der Waals surface area contributed by atoms with Crippen LogP contribution in [0.2, 0.25) is 0 Å². The van der Waals surface area contributed by atoms with Gasteiger partial charge in [-0.2, -0.15) is 0 Å². The van der Waals surface area contributed by atoms with E-state index in [2.05, 4.69) is 18.7 Å². The molecule has 3 nitrogen and oxygen atoms in total. The van der Waals surface area contributed by atoms with E-state index >= 15 is 0 Å². The van der Waals surface area contributed by atoms with Gasteiger partial charge in [0.25, 0.3) is 0 Å². The van der Waals surface area contributed by atoms with Crippen LogP contribution in [0.5, 0.6) is 5.75 Å². The summed E-state index contributed by atoms with van der Waals surface area (Å²) in [7, 11) is 0. The molecule has 2 rings (SSSR count). The van der Waals surface area contributed by atoms with Crippen LogP contribution in [-0.2, 0) is 0 Å². The molecule has 1 aliphatic rings. The second kappa shape index (κ2) is 6.71. The van der Waals surface area contributed by atoms with Crippen LogP contribution in [0.4, 0.5) is 0 Å². The number of hydrogen-bond acceptors (Lipinski definition) is 3. The highest BCUT2D eigenvalue weighted by atomic mass is 16.5. The monoisotopic (exact) mass is 261 g/mol. The Labute approximate surface area is 115 Å². The zero-order valence-corrected chi connectivity index (χ0v) is 11.8. The molecule has 104 valence electrons. The zero-order valence-electron chi connectivity index (χ0n) is 11.8. The lowest BCUT2D eigenvalue weighted by molar-refractivity contribution is 0.0851. The van der Waals surface area contributed by atoms with Gasteiger partial charge in [0.1, 0.15) is 18.6 Å². The van der Waals surface area contributed by atoms with E-state index in [4.69, 9.17) is 4.74 Å². The Morgan fingerprint density at radius 2 is 1.84 bits per heavy atom. The van der Waals surface area contributed by atoms with E-state index < -0.39 is 0 Å². The molecule has 1 heterocycles. The fourth-order valence-electron chi connectivity index (χ4n) is 2.83. The minimum Gasteiger partial charge on any atom is -0.492 e. The topological polar surface area (TPSA) is 29.5 Å². The molecule has 0 aromatic heterocycles. The minimum absolute atomic E-state index is 0.657. The van der Waals surface area contributed by atoms with Gasteiger partial charge in [-0.1, -0.05) is 6.42 Å². The number of ether oxygens (including phenoxy) is 1. The lowest BCUT2D eigenvalue weighted by atomic mass is 9.98. The summed E-state index contributed by atoms with van der Waals surface area (Å²) in [6.07, 6.45) is 4.77. The summed E-state index contributed by atoms with van der Waals surface area (Å²) >= 11 is 0. The van der Waals surface area contributed by atoms with Crippen molar-refractivity contribution in [1.82, 2.24) is 4.90 Å². The van der Waals surface area contributed by atoms with E-state index in [0.717, 1.165) is 18.6 Å². The molecule has 3 heteroatoms. The Morgan fingerprint density at radius 1 is 1.21 bits per heavy atom. The number of likely N-dealkylation sites (tertiary alicyclic amines) is 1. The van der Waals surface area contributed by atoms with Crippen molar-refractivity contribution in [3.8, 4) is 5.75 Å². The number of aldehydes is 1. The molecule has 1 aliphatic heterocycles. The normalized spacial score (nSPS) is 24.1. The zero-order chi connectivity index (χ0) is 13.7. The van der Waals surface area contributed by atoms with Crippen LogP contribution in [0.1, 0.15) is 43.5 Å². The first kappa shape index (κ1) is 14.1. The van der Waals surface area contributed by atoms with Gasteiger partial charge in [-0.05, 0) is 51.0 Å². The molecule has 0 radical (unpaired) electrons. The van der Waals surface area contributed by atoms with Crippen molar-refractivity contribution < 1.29 is 9.53 Å². The Bertz CT molecular complexity index is 392. The van der Waals surface area contributed by atoms with Gasteiger partial charge in [0.2, 0.25) is 0 Å². The first-order valence-electron chi connectivity index (χ1n) is 7.14. The third-order valence-corrected chi connectivity index (χ3v) is 4.01. The fraction of sp³-hybridized carbons (Fsp3) is 0.562. The lowest BCUT2D eigenvalue weighted by Gasteiger charge is -2.38. The van der Waals surface area contributed by atoms with Gasteiger partial charge in [-0.3, -0.25) is 9.69 Å². The molecule has 2 atom stereocenters. The van der Waals surface area contributed by atoms with Crippen LogP contribution in [0.25, 0.3) is 0 Å². The quantitative estimate of drug-likeness (QED) is 0.763. The standard InChI is InChI=1S/C16H23NO2/c1-13-4-3-5-14(2)17(13)10-11-19-16-8-6-15(12-18)7-9-16/h6-9,12-14H,3-5,10-11H2,1-2H3/t13-,14+. The third-order valence-electron chi connectivity index (χ3n) is 4.01. The molecule has 0 unspecified atom stereocenters. The van der Waals surface area contributed by atoms with Crippen molar-refractivity contribution in [2.75, 3.05) is 13.2 Å². The van der Waals surface area contributed by atoms with Gasteiger partial charge < -0.3 is 4.74 Å². The van der Waals surface area contributed by atoms with Crippen molar-refractivity contribution in [1.29, 1.82) is 0 Å². The Balaban J connectivity index is 1.80. The lowest BCUT2D eigenvalue weighted by Crippen LogP contribution is -2.45. The number of benzene rings is 1. The first-order chi connectivity index (χ1) is 9.20. The van der Waals surface area contributed by atoms with Crippen LogP contribution in [0, 0.1) is 0 Å². The molecule has 19 heavy (non-hydrogen) atoms. The van der Waals surface area contributed by atoms with Crippen molar-refractivity contribution >= 4 is 6.29 Å². The summed E-state index contributed by atoms with van der Waals surface area (Å²) in [5, 5.41) is 0. The highest BCUT2D eigenvalue weighted by Gasteiger charge is 2.23. The molecule has 1 aromatic rings. The van der Waals surface area contributed by atoms with Crippen LogP contribution in [0.3, 0.4) is 0 Å². The second-order valence-corrected chi connectivity index (χ2v) is 5.40. The molecular weight excluding hydrogens is 238 g/mol. The van der Waals surface area contributed by atoms with E-state index in [1.807, 2.05) is 12.1 Å². The van der Waals surface area contributed by atoms with Gasteiger partial charge in [0.15, 0.2) is 0 Å². The maximum atomic E-state index is 10.6. The number of carbonyl (C=O) groups is 1. The number of carbonyl (C=O) groups excluding carboxylic acids is 1. The predicted octanol–water partition coefficient (Wildman–Crippen LogP) is 3.14. The van der Waals surface area contributed by atoms with Gasteiger partial charge in [-0.15, -0.1) is 0 Å². The SMILES string of the molecule is C[C@@H]1CCC[C@H](C)N1CCOc1ccc(C=O)cc1. The summed E-state index contributed by atoms with van der Waals surface area (Å²) in [6, 6.07) is 8.59. The summed E-state index contributed by atoms with van der Waals surface area (Å²) in [5.41, 5.74) is 0.686. The van der Waals surface area contributed by atoms with E-state index in [1.165, 1.54) is 19.3 Å². The van der Waals surface area contributed by atoms with Crippen molar-refractivity contribution in [3.63, 3.8) is 0 Å². The largest absolute Gasteiger partial charge is 0.492 e. The molecular formula is C16H23NO2. The van der Waals surface area contributed by atoms with E-state index in [1.54, 1.807) is 12.1 Å². The maximum Gasteiger partial charge on any atom is 0.150 e. The third kappa shape index (κ3) is 3.80. The number of piperidine rings is 1. The molecule has 0 bridgehead atoms. The number of nitrogens with zero attached hydrogens (tertiary/aromatic N) is 1. The van der Waals surface area contributed by atoms with Gasteiger partial charge in [-0.25, -0.2) is 0 Å². The first-order valence-corrected chi connectivity index (χ1v) is 7.14. The van der Waals surface area contributed by atoms with Crippen molar-refractivity contribution in [3.05, 3.63) is 29.8 Å². The molecule has 1 saturated heterocycles. The highest BCUT2D eigenvalue weighted by molar-refractivity contribution is 5.74. The van der Waals surface area contributed by atoms with Crippen LogP contribution in [0.15, 0.2) is 24.3 Å². The average molecular weight is 261 g/mol. The van der Waals surface area contributed by atoms with Crippen LogP contribution >= 0.6 is 0 Å². The smallest absolute Gasteiger partial charge is 0.150 e. The minimum atomic E-state index is 0.657. The summed E-state index contributed by atoms with van der Waals surface area (Å²) in [5.74, 6) is 0.836. The molecule has 0 amide bonds. The molecule has 0 saturated carbocycles. The Hall–Kier alpha value is -1.35. The van der Waals surface area contributed by atoms with Crippen molar-refractivity contribution in [2.45, 2.75) is 45.2 Å². The van der Waals surface area contributed by atoms with Crippen LogP contribution < -0.4 is 4.74 Å². The second-order valence-electron chi connectivity index (χ2n) is 5.40. The average Bonchev–Trinajstić information content (AvgIpc) is 2.43. The molecule has 1 fully saturated rings. The van der Waals surface area contributed by atoms with E-state index in [9.17, 15) is 4.79 Å². The molecule has 0 aliphatic carbocycles. The van der Waals surface area contributed by atoms with Gasteiger partial charge in [0, 0.05) is 24.2 Å². The fourth-order valence-corrected chi connectivity index (χ4v) is 2.83. The van der Waals surface area contributed by atoms with Crippen molar-refractivity contribution in [2.24, 2.45) is 0 Å². The predicted molar refractivity (Wildman–Crippen MR) is 76.8 cm³/mol. The molecule has 1 aromatic carbocycles. The summed E-state index contributed by atoms with van der Waals surface area (Å²) in [6.45, 7) is 6.27. The van der Waals surface area contributed by atoms with Crippen LogP contribution in [-0.4, -0.2) is 36.4 Å². The molecule has 0 spiro atoms. The van der Waals surface area contributed by atoms with Gasteiger partial charge >= 0.3 is 0 Å². The highest BCUT2D eigenvalue weighted by Crippen LogP contribution is 2.22. The molecule has 0 N–H and O–H groups in total. The number of rotatable bonds is 5. The summed E-state index contributed by atoms with van der Waals surface area (Å²) in [4.78, 5) is 13.1. The maximum absolute atomic E-state index is 10.6. The van der Waals surface area contributed by atoms with Gasteiger partial charge in [0.05, 0.1) is 0 Å². The Morgan fingerprint density at radius 3 is 2.42 bits per heavy atom. The summed E-state index contributed by atoms with van der Waals surface area (Å²) < 4.78 is 5.75. The Kier molecular flexibility index (Phi) is 4.97. The van der Waals surface area contributed by atoms with E-state index in [-0.39, 0.29) is 0 Å². The number of hydrogen-bond donors (Lipinski definition) is 0.